The molecule has 2 aliphatic rings. The summed E-state index contributed by atoms with van der Waals surface area (Å²) in [6.07, 6.45) is 6.05. The first-order valence-electron chi connectivity index (χ1n) is 7.33. The van der Waals surface area contributed by atoms with Gasteiger partial charge < -0.3 is 15.5 Å². The quantitative estimate of drug-likeness (QED) is 0.813. The van der Waals surface area contributed by atoms with Gasteiger partial charge in [-0.05, 0) is 25.2 Å². The Morgan fingerprint density at radius 2 is 2.16 bits per heavy atom. The SMILES string of the molecule is CN1CCN(C(=O)CCC2CCCC(N)C2)CC1=O. The summed E-state index contributed by atoms with van der Waals surface area (Å²) >= 11 is 0. The molecule has 0 aromatic carbocycles. The van der Waals surface area contributed by atoms with Crippen molar-refractivity contribution in [3.05, 3.63) is 0 Å². The summed E-state index contributed by atoms with van der Waals surface area (Å²) in [6, 6.07) is 0.319. The van der Waals surface area contributed by atoms with Gasteiger partial charge in [0.1, 0.15) is 0 Å². The van der Waals surface area contributed by atoms with E-state index in [2.05, 4.69) is 0 Å². The molecule has 1 aliphatic heterocycles. The molecule has 0 aromatic heterocycles. The number of rotatable bonds is 3. The fraction of sp³-hybridized carbons (Fsp3) is 0.857. The minimum absolute atomic E-state index is 0.0410. The Hall–Kier alpha value is -1.10. The lowest BCUT2D eigenvalue weighted by molar-refractivity contribution is -0.144. The van der Waals surface area contributed by atoms with E-state index in [9.17, 15) is 9.59 Å². The van der Waals surface area contributed by atoms with Crippen LogP contribution in [0.5, 0.6) is 0 Å². The minimum atomic E-state index is 0.0410. The maximum absolute atomic E-state index is 12.1. The second-order valence-electron chi connectivity index (χ2n) is 5.96. The molecule has 5 nitrogen and oxygen atoms in total. The highest BCUT2D eigenvalue weighted by Gasteiger charge is 2.26. The summed E-state index contributed by atoms with van der Waals surface area (Å²) in [6.45, 7) is 1.57. The van der Waals surface area contributed by atoms with E-state index in [4.69, 9.17) is 5.73 Å². The van der Waals surface area contributed by atoms with Gasteiger partial charge >= 0.3 is 0 Å². The molecule has 2 amide bonds. The van der Waals surface area contributed by atoms with Crippen molar-refractivity contribution >= 4 is 11.8 Å². The highest BCUT2D eigenvalue weighted by molar-refractivity contribution is 5.85. The first-order valence-corrected chi connectivity index (χ1v) is 7.33. The molecular weight excluding hydrogens is 242 g/mol. The molecule has 5 heteroatoms. The second kappa shape index (κ2) is 6.37. The lowest BCUT2D eigenvalue weighted by Crippen LogP contribution is -2.50. The number of carbonyl (C=O) groups is 2. The van der Waals surface area contributed by atoms with Crippen molar-refractivity contribution in [3.8, 4) is 0 Å². The van der Waals surface area contributed by atoms with Gasteiger partial charge in [0.05, 0.1) is 6.54 Å². The van der Waals surface area contributed by atoms with Crippen LogP contribution in [0.2, 0.25) is 0 Å². The van der Waals surface area contributed by atoms with Crippen LogP contribution in [-0.2, 0) is 9.59 Å². The van der Waals surface area contributed by atoms with Gasteiger partial charge in [0, 0.05) is 32.6 Å². The van der Waals surface area contributed by atoms with Crippen molar-refractivity contribution in [2.75, 3.05) is 26.7 Å². The molecule has 2 atom stereocenters. The first kappa shape index (κ1) is 14.3. The van der Waals surface area contributed by atoms with Crippen molar-refractivity contribution < 1.29 is 9.59 Å². The third kappa shape index (κ3) is 3.93. The molecule has 0 spiro atoms. The van der Waals surface area contributed by atoms with Crippen LogP contribution in [0, 0.1) is 5.92 Å². The molecule has 1 saturated heterocycles. The van der Waals surface area contributed by atoms with Crippen molar-refractivity contribution in [3.63, 3.8) is 0 Å². The van der Waals surface area contributed by atoms with Gasteiger partial charge in [-0.25, -0.2) is 0 Å². The number of hydrogen-bond acceptors (Lipinski definition) is 3. The molecule has 2 fully saturated rings. The van der Waals surface area contributed by atoms with Crippen LogP contribution in [-0.4, -0.2) is 54.3 Å². The van der Waals surface area contributed by atoms with Gasteiger partial charge in [0.2, 0.25) is 11.8 Å². The van der Waals surface area contributed by atoms with Gasteiger partial charge in [0.15, 0.2) is 0 Å². The van der Waals surface area contributed by atoms with Crippen molar-refractivity contribution in [1.29, 1.82) is 0 Å². The third-order valence-corrected chi connectivity index (χ3v) is 4.40. The second-order valence-corrected chi connectivity index (χ2v) is 5.96. The molecule has 108 valence electrons. The molecule has 2 N–H and O–H groups in total. The Morgan fingerprint density at radius 3 is 2.84 bits per heavy atom. The zero-order valence-corrected chi connectivity index (χ0v) is 11.8. The number of carbonyl (C=O) groups excluding carboxylic acids is 2. The summed E-state index contributed by atoms with van der Waals surface area (Å²) in [7, 11) is 1.79. The van der Waals surface area contributed by atoms with Crippen LogP contribution in [0.4, 0.5) is 0 Å². The number of hydrogen-bond donors (Lipinski definition) is 1. The van der Waals surface area contributed by atoms with Crippen LogP contribution >= 0.6 is 0 Å². The maximum Gasteiger partial charge on any atom is 0.241 e. The monoisotopic (exact) mass is 267 g/mol. The van der Waals surface area contributed by atoms with Gasteiger partial charge in [-0.15, -0.1) is 0 Å². The zero-order valence-electron chi connectivity index (χ0n) is 11.8. The normalized spacial score (nSPS) is 28.6. The maximum atomic E-state index is 12.1. The molecule has 0 aromatic rings. The fourth-order valence-corrected chi connectivity index (χ4v) is 3.05. The molecule has 1 heterocycles. The van der Waals surface area contributed by atoms with Gasteiger partial charge in [-0.1, -0.05) is 12.8 Å². The molecular formula is C14H25N3O2. The fourth-order valence-electron chi connectivity index (χ4n) is 3.05. The number of nitrogens with zero attached hydrogens (tertiary/aromatic N) is 2. The van der Waals surface area contributed by atoms with Crippen LogP contribution < -0.4 is 5.73 Å². The van der Waals surface area contributed by atoms with E-state index in [1.54, 1.807) is 16.8 Å². The average Bonchev–Trinajstić information content (AvgIpc) is 2.39. The molecule has 0 radical (unpaired) electrons. The summed E-state index contributed by atoms with van der Waals surface area (Å²) in [4.78, 5) is 27.1. The van der Waals surface area contributed by atoms with E-state index < -0.39 is 0 Å². The smallest absolute Gasteiger partial charge is 0.241 e. The predicted octanol–water partition coefficient (Wildman–Crippen LogP) is 0.585. The Morgan fingerprint density at radius 1 is 1.37 bits per heavy atom. The molecule has 1 saturated carbocycles. The molecule has 19 heavy (non-hydrogen) atoms. The lowest BCUT2D eigenvalue weighted by atomic mass is 9.83. The van der Waals surface area contributed by atoms with Crippen LogP contribution in [0.15, 0.2) is 0 Å². The number of likely N-dealkylation sites (N-methyl/N-ethyl adjacent to an activating group) is 1. The average molecular weight is 267 g/mol. The third-order valence-electron chi connectivity index (χ3n) is 4.40. The summed E-state index contributed by atoms with van der Waals surface area (Å²) in [5.41, 5.74) is 5.96. The largest absolute Gasteiger partial charge is 0.342 e. The first-order chi connectivity index (χ1) is 9.06. The van der Waals surface area contributed by atoms with E-state index in [0.29, 0.717) is 31.5 Å². The van der Waals surface area contributed by atoms with E-state index in [1.165, 1.54) is 12.8 Å². The van der Waals surface area contributed by atoms with Crippen LogP contribution in [0.25, 0.3) is 0 Å². The predicted molar refractivity (Wildman–Crippen MR) is 73.4 cm³/mol. The molecule has 1 aliphatic carbocycles. The van der Waals surface area contributed by atoms with Crippen LogP contribution in [0.3, 0.4) is 0 Å². The van der Waals surface area contributed by atoms with Gasteiger partial charge in [-0.2, -0.15) is 0 Å². The Balaban J connectivity index is 1.73. The highest BCUT2D eigenvalue weighted by Crippen LogP contribution is 2.27. The van der Waals surface area contributed by atoms with Gasteiger partial charge in [-0.3, -0.25) is 9.59 Å². The van der Waals surface area contributed by atoms with E-state index in [-0.39, 0.29) is 18.4 Å². The van der Waals surface area contributed by atoms with Crippen molar-refractivity contribution in [2.45, 2.75) is 44.6 Å². The molecule has 2 unspecified atom stereocenters. The Bertz CT molecular complexity index is 346. The van der Waals surface area contributed by atoms with Gasteiger partial charge in [0.25, 0.3) is 0 Å². The van der Waals surface area contributed by atoms with E-state index >= 15 is 0 Å². The lowest BCUT2D eigenvalue weighted by Gasteiger charge is -2.32. The number of piperazine rings is 1. The van der Waals surface area contributed by atoms with E-state index in [1.807, 2.05) is 0 Å². The van der Waals surface area contributed by atoms with Crippen LogP contribution in [0.1, 0.15) is 38.5 Å². The number of amides is 2. The highest BCUT2D eigenvalue weighted by atomic mass is 16.2. The van der Waals surface area contributed by atoms with Crippen molar-refractivity contribution in [2.24, 2.45) is 11.7 Å². The molecule has 2 rings (SSSR count). The molecule has 0 bridgehead atoms. The van der Waals surface area contributed by atoms with Crippen molar-refractivity contribution in [1.82, 2.24) is 9.80 Å². The van der Waals surface area contributed by atoms with E-state index in [0.717, 1.165) is 19.3 Å². The number of nitrogens with two attached hydrogens (primary N) is 1. The minimum Gasteiger partial charge on any atom is -0.342 e. The summed E-state index contributed by atoms with van der Waals surface area (Å²) in [5, 5.41) is 0. The zero-order chi connectivity index (χ0) is 13.8. The summed E-state index contributed by atoms with van der Waals surface area (Å²) < 4.78 is 0. The topological polar surface area (TPSA) is 66.6 Å². The Kier molecular flexibility index (Phi) is 4.80. The standard InChI is InChI=1S/C14H25N3O2/c1-16-7-8-17(10-14(16)19)13(18)6-5-11-3-2-4-12(15)9-11/h11-12H,2-10,15H2,1H3. The Labute approximate surface area is 115 Å². The summed E-state index contributed by atoms with van der Waals surface area (Å²) in [5.74, 6) is 0.760.